The summed E-state index contributed by atoms with van der Waals surface area (Å²) in [5, 5.41) is 4.86. The third kappa shape index (κ3) is 2.57. The number of carbonyl (C=O) groups is 2. The number of rotatable bonds is 5. The van der Waals surface area contributed by atoms with Crippen LogP contribution in [-0.2, 0) is 15.1 Å². The van der Waals surface area contributed by atoms with Gasteiger partial charge < -0.3 is 10.1 Å². The second-order valence-electron chi connectivity index (χ2n) is 5.74. The molecule has 1 heterocycles. The summed E-state index contributed by atoms with van der Waals surface area (Å²) in [7, 11) is 0. The van der Waals surface area contributed by atoms with E-state index in [2.05, 4.69) is 5.32 Å². The zero-order valence-electron chi connectivity index (χ0n) is 13.3. The van der Waals surface area contributed by atoms with Gasteiger partial charge in [-0.05, 0) is 30.2 Å². The predicted octanol–water partition coefficient (Wildman–Crippen LogP) is 2.64. The molecule has 0 bridgehead atoms. The normalized spacial score (nSPS) is 21.0. The number of benzene rings is 2. The highest BCUT2D eigenvalue weighted by Gasteiger charge is 2.49. The average molecular weight is 312 g/mol. The maximum absolute atomic E-state index is 12.9. The molecule has 2 aromatic rings. The van der Waals surface area contributed by atoms with Crippen molar-refractivity contribution in [3.05, 3.63) is 48.0 Å². The Bertz CT molecular complexity index is 754. The number of imide groups is 1. The molecule has 0 aliphatic carbocycles. The monoisotopic (exact) mass is 312 g/mol. The van der Waals surface area contributed by atoms with E-state index in [0.717, 1.165) is 16.3 Å². The van der Waals surface area contributed by atoms with Gasteiger partial charge in [-0.15, -0.1) is 0 Å². The first-order valence-corrected chi connectivity index (χ1v) is 7.78. The number of nitrogens with zero attached hydrogens (tertiary/aromatic N) is 1. The Labute approximate surface area is 135 Å². The van der Waals surface area contributed by atoms with Gasteiger partial charge in [0.05, 0.1) is 13.2 Å². The lowest BCUT2D eigenvalue weighted by Crippen LogP contribution is -2.41. The lowest BCUT2D eigenvalue weighted by atomic mass is 9.88. The van der Waals surface area contributed by atoms with E-state index in [4.69, 9.17) is 4.74 Å². The minimum Gasteiger partial charge on any atom is -0.380 e. The molecule has 2 aromatic carbocycles. The van der Waals surface area contributed by atoms with Gasteiger partial charge in [0, 0.05) is 6.61 Å². The molecule has 1 fully saturated rings. The van der Waals surface area contributed by atoms with Gasteiger partial charge in [-0.25, -0.2) is 4.79 Å². The molecular formula is C18H20N2O3. The van der Waals surface area contributed by atoms with Gasteiger partial charge in [-0.1, -0.05) is 42.5 Å². The van der Waals surface area contributed by atoms with Crippen LogP contribution in [0.5, 0.6) is 0 Å². The summed E-state index contributed by atoms with van der Waals surface area (Å²) in [5.41, 5.74) is -0.239. The van der Waals surface area contributed by atoms with Crippen molar-refractivity contribution in [3.63, 3.8) is 0 Å². The van der Waals surface area contributed by atoms with Gasteiger partial charge in [0.1, 0.15) is 5.54 Å². The van der Waals surface area contributed by atoms with E-state index >= 15 is 0 Å². The lowest BCUT2D eigenvalue weighted by Gasteiger charge is -2.24. The molecule has 1 saturated heterocycles. The van der Waals surface area contributed by atoms with E-state index in [1.54, 1.807) is 6.92 Å². The molecule has 1 atom stereocenters. The zero-order chi connectivity index (χ0) is 16.4. The van der Waals surface area contributed by atoms with Gasteiger partial charge in [0.2, 0.25) is 0 Å². The maximum Gasteiger partial charge on any atom is 0.325 e. The number of hydrogen-bond acceptors (Lipinski definition) is 3. The summed E-state index contributed by atoms with van der Waals surface area (Å²) in [4.78, 5) is 26.3. The molecule has 3 amide bonds. The van der Waals surface area contributed by atoms with Crippen molar-refractivity contribution in [2.45, 2.75) is 19.4 Å². The van der Waals surface area contributed by atoms with Crippen LogP contribution in [0.15, 0.2) is 42.5 Å². The van der Waals surface area contributed by atoms with Crippen LogP contribution in [0.3, 0.4) is 0 Å². The van der Waals surface area contributed by atoms with E-state index in [0.29, 0.717) is 13.2 Å². The molecule has 3 rings (SSSR count). The minimum absolute atomic E-state index is 0.237. The molecule has 1 aliphatic heterocycles. The minimum atomic E-state index is -1.05. The molecule has 0 spiro atoms. The molecule has 5 heteroatoms. The third-order valence-corrected chi connectivity index (χ3v) is 4.27. The first kappa shape index (κ1) is 15.5. The van der Waals surface area contributed by atoms with Crippen molar-refractivity contribution in [1.82, 2.24) is 10.2 Å². The fourth-order valence-corrected chi connectivity index (χ4v) is 3.04. The summed E-state index contributed by atoms with van der Waals surface area (Å²) in [6, 6.07) is 13.3. The summed E-state index contributed by atoms with van der Waals surface area (Å²) < 4.78 is 5.26. The van der Waals surface area contributed by atoms with Crippen molar-refractivity contribution in [2.75, 3.05) is 19.8 Å². The van der Waals surface area contributed by atoms with Crippen LogP contribution in [0, 0.1) is 0 Å². The standard InChI is InChI=1S/C18H20N2O3/c1-3-23-12-11-20-16(21)18(2,19-17(20)22)15-10-6-8-13-7-4-5-9-14(13)15/h4-10H,3,11-12H2,1-2H3,(H,19,22)/t18-/m0/s1. The molecule has 0 unspecified atom stereocenters. The molecule has 0 saturated carbocycles. The van der Waals surface area contributed by atoms with Crippen molar-refractivity contribution in [2.24, 2.45) is 0 Å². The van der Waals surface area contributed by atoms with Gasteiger partial charge in [0.25, 0.3) is 5.91 Å². The second-order valence-corrected chi connectivity index (χ2v) is 5.74. The van der Waals surface area contributed by atoms with Crippen molar-refractivity contribution < 1.29 is 14.3 Å². The second kappa shape index (κ2) is 6.01. The predicted molar refractivity (Wildman–Crippen MR) is 88.0 cm³/mol. The highest BCUT2D eigenvalue weighted by molar-refractivity contribution is 6.09. The van der Waals surface area contributed by atoms with E-state index in [1.807, 2.05) is 49.4 Å². The van der Waals surface area contributed by atoms with Gasteiger partial charge in [0.15, 0.2) is 0 Å². The van der Waals surface area contributed by atoms with Gasteiger partial charge >= 0.3 is 6.03 Å². The van der Waals surface area contributed by atoms with Crippen LogP contribution < -0.4 is 5.32 Å². The van der Waals surface area contributed by atoms with E-state index in [9.17, 15) is 9.59 Å². The number of amides is 3. The topological polar surface area (TPSA) is 58.6 Å². The number of carbonyl (C=O) groups excluding carboxylic acids is 2. The summed E-state index contributed by atoms with van der Waals surface area (Å²) >= 11 is 0. The molecule has 0 radical (unpaired) electrons. The fraction of sp³-hybridized carbons (Fsp3) is 0.333. The van der Waals surface area contributed by atoms with Gasteiger partial charge in [-0.2, -0.15) is 0 Å². The number of ether oxygens (including phenoxy) is 1. The zero-order valence-corrected chi connectivity index (χ0v) is 13.3. The Hall–Kier alpha value is -2.40. The Balaban J connectivity index is 1.98. The smallest absolute Gasteiger partial charge is 0.325 e. The van der Waals surface area contributed by atoms with Crippen LogP contribution in [-0.4, -0.2) is 36.6 Å². The van der Waals surface area contributed by atoms with Crippen LogP contribution >= 0.6 is 0 Å². The fourth-order valence-electron chi connectivity index (χ4n) is 3.04. The van der Waals surface area contributed by atoms with Crippen LogP contribution in [0.25, 0.3) is 10.8 Å². The number of urea groups is 1. The van der Waals surface area contributed by atoms with Crippen molar-refractivity contribution >= 4 is 22.7 Å². The molecule has 5 nitrogen and oxygen atoms in total. The maximum atomic E-state index is 12.9. The third-order valence-electron chi connectivity index (χ3n) is 4.27. The first-order valence-electron chi connectivity index (χ1n) is 7.78. The Morgan fingerprint density at radius 3 is 2.65 bits per heavy atom. The van der Waals surface area contributed by atoms with E-state index in [-0.39, 0.29) is 18.5 Å². The molecule has 23 heavy (non-hydrogen) atoms. The molecule has 120 valence electrons. The molecular weight excluding hydrogens is 292 g/mol. The quantitative estimate of drug-likeness (QED) is 0.682. The Morgan fingerprint density at radius 2 is 1.87 bits per heavy atom. The van der Waals surface area contributed by atoms with E-state index in [1.165, 1.54) is 4.90 Å². The van der Waals surface area contributed by atoms with Crippen LogP contribution in [0.1, 0.15) is 19.4 Å². The average Bonchev–Trinajstić information content (AvgIpc) is 2.78. The van der Waals surface area contributed by atoms with E-state index < -0.39 is 5.54 Å². The lowest BCUT2D eigenvalue weighted by molar-refractivity contribution is -0.131. The summed E-state index contributed by atoms with van der Waals surface area (Å²) in [6.07, 6.45) is 0. The number of nitrogens with one attached hydrogen (secondary N) is 1. The molecule has 1 aliphatic rings. The highest BCUT2D eigenvalue weighted by Crippen LogP contribution is 2.33. The number of fused-ring (bicyclic) bond motifs is 1. The Kier molecular flexibility index (Phi) is 4.05. The van der Waals surface area contributed by atoms with Crippen molar-refractivity contribution in [3.8, 4) is 0 Å². The molecule has 1 N–H and O–H groups in total. The van der Waals surface area contributed by atoms with Gasteiger partial charge in [-0.3, -0.25) is 9.69 Å². The van der Waals surface area contributed by atoms with Crippen LogP contribution in [0.2, 0.25) is 0 Å². The highest BCUT2D eigenvalue weighted by atomic mass is 16.5. The van der Waals surface area contributed by atoms with Crippen LogP contribution in [0.4, 0.5) is 4.79 Å². The number of hydrogen-bond donors (Lipinski definition) is 1. The summed E-state index contributed by atoms with van der Waals surface area (Å²) in [6.45, 7) is 4.81. The molecule has 0 aromatic heterocycles. The summed E-state index contributed by atoms with van der Waals surface area (Å²) in [5.74, 6) is -0.237. The SMILES string of the molecule is CCOCCN1C(=O)N[C@@](C)(c2cccc3ccccc23)C1=O. The largest absolute Gasteiger partial charge is 0.380 e. The first-order chi connectivity index (χ1) is 11.1. The van der Waals surface area contributed by atoms with Crippen molar-refractivity contribution in [1.29, 1.82) is 0 Å². The Morgan fingerprint density at radius 1 is 1.13 bits per heavy atom.